The van der Waals surface area contributed by atoms with Crippen molar-refractivity contribution in [2.24, 2.45) is 0 Å². The molecule has 1 aliphatic rings. The molecule has 11 rings (SSSR count). The second-order valence-corrected chi connectivity index (χ2v) is 13.2. The van der Waals surface area contributed by atoms with Gasteiger partial charge in [-0.2, -0.15) is 0 Å². The predicted octanol–water partition coefficient (Wildman–Crippen LogP) is 13.7. The quantitative estimate of drug-likeness (QED) is 0.138. The summed E-state index contributed by atoms with van der Waals surface area (Å²) in [4.78, 5) is 0. The molecule has 0 N–H and O–H groups in total. The second-order valence-electron chi connectivity index (χ2n) is 13.2. The van der Waals surface area contributed by atoms with Crippen LogP contribution in [-0.4, -0.2) is 0 Å². The summed E-state index contributed by atoms with van der Waals surface area (Å²) in [5, 5.41) is 14.8. The molecule has 10 aromatic carbocycles. The molecular weight excluding hydrogens is 593 g/mol. The average molecular weight is 621 g/mol. The first kappa shape index (κ1) is 26.6. The fourth-order valence-electron chi connectivity index (χ4n) is 8.38. The van der Waals surface area contributed by atoms with Gasteiger partial charge in [0.25, 0.3) is 0 Å². The fraction of sp³-hybridized carbons (Fsp3) is 0. The molecule has 1 aliphatic heterocycles. The van der Waals surface area contributed by atoms with Gasteiger partial charge in [0.2, 0.25) is 0 Å². The summed E-state index contributed by atoms with van der Waals surface area (Å²) >= 11 is 0. The first-order valence-corrected chi connectivity index (χ1v) is 16.9. The van der Waals surface area contributed by atoms with E-state index in [-0.39, 0.29) is 0 Å². The van der Waals surface area contributed by atoms with E-state index in [0.29, 0.717) is 0 Å². The molecule has 226 valence electrons. The van der Waals surface area contributed by atoms with Crippen molar-refractivity contribution in [3.8, 4) is 44.9 Å². The van der Waals surface area contributed by atoms with E-state index < -0.39 is 0 Å². The summed E-state index contributed by atoms with van der Waals surface area (Å²) in [7, 11) is 0. The van der Waals surface area contributed by atoms with Gasteiger partial charge in [0, 0.05) is 16.3 Å². The van der Waals surface area contributed by atoms with E-state index in [2.05, 4.69) is 170 Å². The Bertz CT molecular complexity index is 3020. The lowest BCUT2D eigenvalue weighted by molar-refractivity contribution is 0.493. The Labute approximate surface area is 283 Å². The van der Waals surface area contributed by atoms with Crippen LogP contribution in [0.15, 0.2) is 170 Å². The van der Waals surface area contributed by atoms with Gasteiger partial charge in [-0.3, -0.25) is 0 Å². The molecule has 49 heavy (non-hydrogen) atoms. The Kier molecular flexibility index (Phi) is 5.45. The highest BCUT2D eigenvalue weighted by atomic mass is 16.5. The topological polar surface area (TPSA) is 9.23 Å². The number of fused-ring (bicyclic) bond motifs is 9. The molecule has 0 amide bonds. The lowest BCUT2D eigenvalue weighted by Crippen LogP contribution is -1.98. The standard InChI is InChI=1S/C48H28O/c1-4-13-34-29(9-1)12-7-16-38(34)46-41-23-21-30-10-2-5-14-35(30)44(41)28-33-20-19-32(27-43(33)46)36-25-26-45-47-39(36)17-8-18-40(47)42-24-22-31-11-3-6-15-37(31)48(42)49-45/h1-28H. The molecule has 0 fully saturated rings. The van der Waals surface area contributed by atoms with Crippen LogP contribution in [0.1, 0.15) is 0 Å². The minimum atomic E-state index is 0.910. The van der Waals surface area contributed by atoms with E-state index in [1.807, 2.05) is 0 Å². The van der Waals surface area contributed by atoms with Crippen LogP contribution in [0.2, 0.25) is 0 Å². The summed E-state index contributed by atoms with van der Waals surface area (Å²) in [6, 6.07) is 62.1. The third-order valence-electron chi connectivity index (χ3n) is 10.6. The van der Waals surface area contributed by atoms with Gasteiger partial charge in [-0.05, 0) is 106 Å². The van der Waals surface area contributed by atoms with Gasteiger partial charge >= 0.3 is 0 Å². The molecule has 1 heteroatoms. The summed E-state index contributed by atoms with van der Waals surface area (Å²) in [5.74, 6) is 1.85. The molecule has 0 saturated carbocycles. The van der Waals surface area contributed by atoms with Gasteiger partial charge < -0.3 is 4.74 Å². The molecule has 0 spiro atoms. The van der Waals surface area contributed by atoms with Crippen molar-refractivity contribution < 1.29 is 4.74 Å². The maximum atomic E-state index is 6.73. The van der Waals surface area contributed by atoms with E-state index in [1.165, 1.54) is 87.1 Å². The Morgan fingerprint density at radius 2 is 0.939 bits per heavy atom. The van der Waals surface area contributed by atoms with Gasteiger partial charge in [0.1, 0.15) is 11.5 Å². The molecule has 1 nitrogen and oxygen atoms in total. The Morgan fingerprint density at radius 3 is 1.82 bits per heavy atom. The van der Waals surface area contributed by atoms with Crippen molar-refractivity contribution >= 4 is 64.6 Å². The summed E-state index contributed by atoms with van der Waals surface area (Å²) in [6.07, 6.45) is 0. The van der Waals surface area contributed by atoms with E-state index in [0.717, 1.165) is 22.4 Å². The molecule has 0 unspecified atom stereocenters. The Morgan fingerprint density at radius 1 is 0.306 bits per heavy atom. The molecule has 0 atom stereocenters. The molecule has 10 aromatic rings. The Balaban J connectivity index is 1.20. The number of rotatable bonds is 2. The van der Waals surface area contributed by atoms with Crippen molar-refractivity contribution in [3.63, 3.8) is 0 Å². The van der Waals surface area contributed by atoms with Crippen LogP contribution >= 0.6 is 0 Å². The summed E-state index contributed by atoms with van der Waals surface area (Å²) < 4.78 is 6.73. The smallest absolute Gasteiger partial charge is 0.143 e. The number of benzene rings is 10. The molecule has 0 aromatic heterocycles. The third-order valence-corrected chi connectivity index (χ3v) is 10.6. The SMILES string of the molecule is c1ccc2c(-c3c4cc(-c5ccc6c7c(cccc57)-c5ccc7ccccc7c5O6)ccc4cc4c3ccc3ccccc34)cccc2c1. The van der Waals surface area contributed by atoms with Gasteiger partial charge in [-0.1, -0.05) is 146 Å². The summed E-state index contributed by atoms with van der Waals surface area (Å²) in [6.45, 7) is 0. The molecule has 0 aliphatic carbocycles. The normalized spacial score (nSPS) is 12.2. The zero-order valence-corrected chi connectivity index (χ0v) is 26.6. The molecule has 0 bridgehead atoms. The van der Waals surface area contributed by atoms with E-state index in [4.69, 9.17) is 4.74 Å². The minimum absolute atomic E-state index is 0.910. The number of hydrogen-bond donors (Lipinski definition) is 0. The Hall–Kier alpha value is -6.44. The number of ether oxygens (including phenoxy) is 1. The van der Waals surface area contributed by atoms with E-state index in [9.17, 15) is 0 Å². The van der Waals surface area contributed by atoms with Crippen LogP contribution in [0.25, 0.3) is 98.0 Å². The van der Waals surface area contributed by atoms with E-state index in [1.54, 1.807) is 0 Å². The van der Waals surface area contributed by atoms with Crippen LogP contribution in [0.5, 0.6) is 11.5 Å². The maximum Gasteiger partial charge on any atom is 0.143 e. The largest absolute Gasteiger partial charge is 0.455 e. The van der Waals surface area contributed by atoms with Crippen LogP contribution in [-0.2, 0) is 0 Å². The highest BCUT2D eigenvalue weighted by molar-refractivity contribution is 6.23. The van der Waals surface area contributed by atoms with Gasteiger partial charge in [-0.25, -0.2) is 0 Å². The summed E-state index contributed by atoms with van der Waals surface area (Å²) in [5.41, 5.74) is 7.31. The maximum absolute atomic E-state index is 6.73. The highest BCUT2D eigenvalue weighted by Gasteiger charge is 2.24. The van der Waals surface area contributed by atoms with Crippen molar-refractivity contribution in [1.29, 1.82) is 0 Å². The zero-order valence-electron chi connectivity index (χ0n) is 26.6. The van der Waals surface area contributed by atoms with Crippen LogP contribution in [0.3, 0.4) is 0 Å². The molecule has 0 radical (unpaired) electrons. The van der Waals surface area contributed by atoms with Crippen LogP contribution < -0.4 is 4.74 Å². The first-order chi connectivity index (χ1) is 24.3. The lowest BCUT2D eigenvalue weighted by Gasteiger charge is -2.24. The lowest BCUT2D eigenvalue weighted by atomic mass is 9.85. The fourth-order valence-corrected chi connectivity index (χ4v) is 8.38. The van der Waals surface area contributed by atoms with Crippen LogP contribution in [0.4, 0.5) is 0 Å². The van der Waals surface area contributed by atoms with Gasteiger partial charge in [0.15, 0.2) is 0 Å². The average Bonchev–Trinajstić information content (AvgIpc) is 3.17. The predicted molar refractivity (Wildman–Crippen MR) is 208 cm³/mol. The van der Waals surface area contributed by atoms with E-state index >= 15 is 0 Å². The number of hydrogen-bond acceptors (Lipinski definition) is 1. The third kappa shape index (κ3) is 3.82. The van der Waals surface area contributed by atoms with Crippen molar-refractivity contribution in [1.82, 2.24) is 0 Å². The van der Waals surface area contributed by atoms with Crippen molar-refractivity contribution in [2.75, 3.05) is 0 Å². The molecule has 0 saturated heterocycles. The molecule has 1 heterocycles. The van der Waals surface area contributed by atoms with Crippen molar-refractivity contribution in [3.05, 3.63) is 170 Å². The highest BCUT2D eigenvalue weighted by Crippen LogP contribution is 2.51. The minimum Gasteiger partial charge on any atom is -0.455 e. The van der Waals surface area contributed by atoms with Crippen LogP contribution in [0, 0.1) is 0 Å². The zero-order chi connectivity index (χ0) is 32.1. The first-order valence-electron chi connectivity index (χ1n) is 16.9. The monoisotopic (exact) mass is 620 g/mol. The second kappa shape index (κ2) is 10.0. The molecular formula is C48H28O. The van der Waals surface area contributed by atoms with Gasteiger partial charge in [0.05, 0.1) is 0 Å². The van der Waals surface area contributed by atoms with Crippen molar-refractivity contribution in [2.45, 2.75) is 0 Å². The van der Waals surface area contributed by atoms with Gasteiger partial charge in [-0.15, -0.1) is 0 Å².